The van der Waals surface area contributed by atoms with Gasteiger partial charge in [-0.25, -0.2) is 4.98 Å². The lowest BCUT2D eigenvalue weighted by atomic mass is 9.97. The van der Waals surface area contributed by atoms with E-state index in [1.807, 2.05) is 30.3 Å². The highest BCUT2D eigenvalue weighted by Gasteiger charge is 2.18. The van der Waals surface area contributed by atoms with Crippen molar-refractivity contribution in [1.82, 2.24) is 4.98 Å². The molecule has 0 fully saturated rings. The van der Waals surface area contributed by atoms with E-state index in [0.717, 1.165) is 28.9 Å². The van der Waals surface area contributed by atoms with Gasteiger partial charge in [0.25, 0.3) is 0 Å². The Balaban J connectivity index is 1.73. The lowest BCUT2D eigenvalue weighted by molar-refractivity contribution is -0.138. The summed E-state index contributed by atoms with van der Waals surface area (Å²) in [4.78, 5) is 26.5. The molecule has 0 bridgehead atoms. The van der Waals surface area contributed by atoms with E-state index >= 15 is 0 Å². The number of hydrogen-bond donors (Lipinski definition) is 1. The number of hydrogen-bond acceptors (Lipinski definition) is 4. The van der Waals surface area contributed by atoms with Crippen LogP contribution in [0.5, 0.6) is 11.6 Å². The van der Waals surface area contributed by atoms with E-state index in [1.54, 1.807) is 6.20 Å². The summed E-state index contributed by atoms with van der Waals surface area (Å²) in [5.74, 6) is 0.366. The van der Waals surface area contributed by atoms with Gasteiger partial charge in [-0.1, -0.05) is 18.2 Å². The Labute approximate surface area is 127 Å². The van der Waals surface area contributed by atoms with Crippen LogP contribution in [0.15, 0.2) is 36.5 Å². The molecule has 0 saturated carbocycles. The molecule has 0 atom stereocenters. The molecular formula is C17H15NO4. The van der Waals surface area contributed by atoms with Gasteiger partial charge in [-0.3, -0.25) is 9.59 Å². The second kappa shape index (κ2) is 5.97. The average Bonchev–Trinajstić information content (AvgIpc) is 2.51. The van der Waals surface area contributed by atoms with Crippen LogP contribution in [0.1, 0.15) is 29.5 Å². The zero-order chi connectivity index (χ0) is 15.5. The number of aromatic nitrogens is 1. The molecule has 0 unspecified atom stereocenters. The molecule has 3 rings (SSSR count). The number of aliphatic carboxylic acids is 1. The van der Waals surface area contributed by atoms with Crippen molar-refractivity contribution in [2.24, 2.45) is 0 Å². The van der Waals surface area contributed by atoms with Crippen LogP contribution in [-0.2, 0) is 22.4 Å². The first-order chi connectivity index (χ1) is 10.6. The Morgan fingerprint density at radius 2 is 2.05 bits per heavy atom. The highest BCUT2D eigenvalue weighted by atomic mass is 16.5. The van der Waals surface area contributed by atoms with Gasteiger partial charge in [0.05, 0.1) is 6.42 Å². The zero-order valence-corrected chi connectivity index (χ0v) is 11.9. The summed E-state index contributed by atoms with van der Waals surface area (Å²) in [6.07, 6.45) is 2.61. The number of ether oxygens (including phenoxy) is 1. The monoisotopic (exact) mass is 297 g/mol. The van der Waals surface area contributed by atoms with Gasteiger partial charge in [0.2, 0.25) is 5.88 Å². The van der Waals surface area contributed by atoms with Gasteiger partial charge in [-0.05, 0) is 23.3 Å². The van der Waals surface area contributed by atoms with E-state index in [-0.39, 0.29) is 25.0 Å². The van der Waals surface area contributed by atoms with Crippen LogP contribution in [0.4, 0.5) is 0 Å². The number of carboxylic acid groups (broad SMARTS) is 1. The molecule has 0 aliphatic carbocycles. The number of carbonyl (C=O) groups is 2. The lowest BCUT2D eigenvalue weighted by Gasteiger charge is -2.19. The molecule has 2 heterocycles. The van der Waals surface area contributed by atoms with Crippen molar-refractivity contribution in [2.75, 3.05) is 0 Å². The van der Waals surface area contributed by atoms with Crippen LogP contribution in [0.2, 0.25) is 0 Å². The Bertz CT molecular complexity index is 739. The smallest absolute Gasteiger partial charge is 0.303 e. The van der Waals surface area contributed by atoms with Crippen molar-refractivity contribution < 1.29 is 19.4 Å². The molecule has 5 heteroatoms. The van der Waals surface area contributed by atoms with E-state index in [2.05, 4.69) is 4.98 Å². The molecule has 1 aliphatic rings. The first-order valence-corrected chi connectivity index (χ1v) is 7.09. The van der Waals surface area contributed by atoms with E-state index < -0.39 is 5.97 Å². The number of fused-ring (bicyclic) bond motifs is 2. The summed E-state index contributed by atoms with van der Waals surface area (Å²) >= 11 is 0. The molecule has 1 aromatic heterocycles. The highest BCUT2D eigenvalue weighted by Crippen LogP contribution is 2.35. The van der Waals surface area contributed by atoms with E-state index in [0.29, 0.717) is 5.88 Å². The van der Waals surface area contributed by atoms with Crippen LogP contribution < -0.4 is 4.74 Å². The fourth-order valence-corrected chi connectivity index (χ4v) is 2.50. The topological polar surface area (TPSA) is 76.5 Å². The maximum absolute atomic E-state index is 11.8. The van der Waals surface area contributed by atoms with Gasteiger partial charge in [0.1, 0.15) is 11.5 Å². The van der Waals surface area contributed by atoms with Crippen LogP contribution >= 0.6 is 0 Å². The van der Waals surface area contributed by atoms with E-state index in [9.17, 15) is 9.59 Å². The minimum absolute atomic E-state index is 0.0652. The molecule has 1 N–H and O–H groups in total. The Hall–Kier alpha value is -2.69. The SMILES string of the molecule is O=C(O)CCC(=O)Cc1ccc2c(c1)Cc1cccnc1O2. The predicted octanol–water partition coefficient (Wildman–Crippen LogP) is 2.75. The molecule has 2 aromatic rings. The van der Waals surface area contributed by atoms with Gasteiger partial charge >= 0.3 is 5.97 Å². The summed E-state index contributed by atoms with van der Waals surface area (Å²) < 4.78 is 5.74. The molecule has 1 aliphatic heterocycles. The Kier molecular flexibility index (Phi) is 3.87. The quantitative estimate of drug-likeness (QED) is 0.783. The van der Waals surface area contributed by atoms with Gasteiger partial charge in [-0.15, -0.1) is 0 Å². The number of carbonyl (C=O) groups excluding carboxylic acids is 1. The number of pyridine rings is 1. The first-order valence-electron chi connectivity index (χ1n) is 7.09. The van der Waals surface area contributed by atoms with Crippen molar-refractivity contribution in [3.8, 4) is 11.6 Å². The standard InChI is InChI=1S/C17H15NO4/c19-14(4-6-16(20)21)9-11-3-5-15-13(8-11)10-12-2-1-7-18-17(12)22-15/h1-3,5,7-8H,4,6,9-10H2,(H,20,21). The van der Waals surface area contributed by atoms with Crippen molar-refractivity contribution in [3.63, 3.8) is 0 Å². The van der Waals surface area contributed by atoms with Crippen molar-refractivity contribution >= 4 is 11.8 Å². The predicted molar refractivity (Wildman–Crippen MR) is 79.1 cm³/mol. The Morgan fingerprint density at radius 3 is 2.86 bits per heavy atom. The summed E-state index contributed by atoms with van der Waals surface area (Å²) in [5.41, 5.74) is 2.92. The normalized spacial score (nSPS) is 12.0. The minimum Gasteiger partial charge on any atom is -0.481 e. The fourth-order valence-electron chi connectivity index (χ4n) is 2.50. The van der Waals surface area contributed by atoms with Crippen LogP contribution in [0, 0.1) is 0 Å². The van der Waals surface area contributed by atoms with Crippen molar-refractivity contribution in [2.45, 2.75) is 25.7 Å². The van der Waals surface area contributed by atoms with Gasteiger partial charge in [0, 0.05) is 31.0 Å². The second-order valence-corrected chi connectivity index (χ2v) is 5.30. The molecule has 0 radical (unpaired) electrons. The summed E-state index contributed by atoms with van der Waals surface area (Å²) in [6.45, 7) is 0. The molecule has 0 amide bonds. The maximum atomic E-state index is 11.8. The molecule has 1 aromatic carbocycles. The summed E-state index contributed by atoms with van der Waals surface area (Å²) in [5, 5.41) is 8.60. The summed E-state index contributed by atoms with van der Waals surface area (Å²) in [7, 11) is 0. The number of carboxylic acids is 1. The third kappa shape index (κ3) is 3.14. The zero-order valence-electron chi connectivity index (χ0n) is 11.9. The molecule has 0 saturated heterocycles. The van der Waals surface area contributed by atoms with Crippen LogP contribution in [0.25, 0.3) is 0 Å². The number of rotatable bonds is 5. The largest absolute Gasteiger partial charge is 0.481 e. The minimum atomic E-state index is -0.948. The first kappa shape index (κ1) is 14.3. The molecule has 5 nitrogen and oxygen atoms in total. The van der Waals surface area contributed by atoms with Gasteiger partial charge in [0.15, 0.2) is 0 Å². The number of nitrogens with zero attached hydrogens (tertiary/aromatic N) is 1. The van der Waals surface area contributed by atoms with Gasteiger partial charge < -0.3 is 9.84 Å². The number of Topliss-reactive ketones (excluding diaryl/α,β-unsaturated/α-hetero) is 1. The second-order valence-electron chi connectivity index (χ2n) is 5.30. The molecule has 0 spiro atoms. The van der Waals surface area contributed by atoms with Gasteiger partial charge in [-0.2, -0.15) is 0 Å². The summed E-state index contributed by atoms with van der Waals surface area (Å²) in [6, 6.07) is 9.46. The fraction of sp³-hybridized carbons (Fsp3) is 0.235. The maximum Gasteiger partial charge on any atom is 0.303 e. The van der Waals surface area contributed by atoms with Crippen LogP contribution in [0.3, 0.4) is 0 Å². The molecule has 22 heavy (non-hydrogen) atoms. The molecule has 112 valence electrons. The average molecular weight is 297 g/mol. The third-order valence-corrected chi connectivity index (χ3v) is 3.58. The lowest BCUT2D eigenvalue weighted by Crippen LogP contribution is -2.08. The molecular weight excluding hydrogens is 282 g/mol. The number of ketones is 1. The number of benzene rings is 1. The van der Waals surface area contributed by atoms with Crippen molar-refractivity contribution in [1.29, 1.82) is 0 Å². The van der Waals surface area contributed by atoms with Crippen molar-refractivity contribution in [3.05, 3.63) is 53.2 Å². The Morgan fingerprint density at radius 1 is 1.18 bits per heavy atom. The highest BCUT2D eigenvalue weighted by molar-refractivity contribution is 5.84. The van der Waals surface area contributed by atoms with E-state index in [1.165, 1.54) is 0 Å². The van der Waals surface area contributed by atoms with E-state index in [4.69, 9.17) is 9.84 Å². The van der Waals surface area contributed by atoms with Crippen LogP contribution in [-0.4, -0.2) is 21.8 Å². The third-order valence-electron chi connectivity index (χ3n) is 3.58.